The van der Waals surface area contributed by atoms with Gasteiger partial charge in [-0.15, -0.1) is 11.3 Å². The number of allylic oxidation sites excluding steroid dienone is 1. The molecule has 1 aliphatic heterocycles. The molecule has 124 valence electrons. The van der Waals surface area contributed by atoms with Gasteiger partial charge in [-0.1, -0.05) is 6.07 Å². The highest BCUT2D eigenvalue weighted by molar-refractivity contribution is 7.10. The average Bonchev–Trinajstić information content (AvgIpc) is 3.18. The predicted octanol–water partition coefficient (Wildman–Crippen LogP) is 4.20. The number of fused-ring (bicyclic) bond motifs is 1. The Labute approximate surface area is 144 Å². The van der Waals surface area contributed by atoms with Crippen LogP contribution in [0.4, 0.5) is 4.79 Å². The van der Waals surface area contributed by atoms with Crippen LogP contribution < -0.4 is 9.47 Å². The van der Waals surface area contributed by atoms with Gasteiger partial charge in [0.2, 0.25) is 5.78 Å². The maximum absolute atomic E-state index is 12.4. The van der Waals surface area contributed by atoms with Crippen LogP contribution in [0.2, 0.25) is 0 Å². The third-order valence-corrected chi connectivity index (χ3v) is 4.50. The lowest BCUT2D eigenvalue weighted by atomic mass is 10.1. The monoisotopic (exact) mass is 343 g/mol. The summed E-state index contributed by atoms with van der Waals surface area (Å²) < 4.78 is 11.0. The van der Waals surface area contributed by atoms with Crippen molar-refractivity contribution in [3.05, 3.63) is 51.9 Å². The second-order valence-corrected chi connectivity index (χ2v) is 6.13. The number of ketones is 1. The van der Waals surface area contributed by atoms with Gasteiger partial charge in [0.1, 0.15) is 11.5 Å². The summed E-state index contributed by atoms with van der Waals surface area (Å²) in [6.07, 6.45) is 1.30. The van der Waals surface area contributed by atoms with Crippen LogP contribution in [0.1, 0.15) is 29.1 Å². The minimum Gasteiger partial charge on any atom is -0.452 e. The lowest BCUT2D eigenvalue weighted by Crippen LogP contribution is -2.33. The van der Waals surface area contributed by atoms with Crippen molar-refractivity contribution in [1.29, 1.82) is 0 Å². The van der Waals surface area contributed by atoms with Gasteiger partial charge in [-0.2, -0.15) is 0 Å². The van der Waals surface area contributed by atoms with Gasteiger partial charge >= 0.3 is 6.09 Å². The molecule has 0 fully saturated rings. The molecule has 0 atom stereocenters. The molecule has 0 N–H and O–H groups in total. The van der Waals surface area contributed by atoms with E-state index in [1.807, 2.05) is 31.4 Å². The van der Waals surface area contributed by atoms with Crippen molar-refractivity contribution in [3.63, 3.8) is 0 Å². The van der Waals surface area contributed by atoms with Gasteiger partial charge in [0.05, 0.1) is 5.56 Å². The Morgan fingerprint density at radius 2 is 2.08 bits per heavy atom. The minimum atomic E-state index is -0.418. The molecule has 0 bridgehead atoms. The van der Waals surface area contributed by atoms with E-state index in [0.717, 1.165) is 4.88 Å². The van der Waals surface area contributed by atoms with E-state index < -0.39 is 6.09 Å². The SMILES string of the molecule is CCN(CC)C(=O)Oc1ccc2c(c1)OC(=Cc1cccs1)C2=O. The van der Waals surface area contributed by atoms with Gasteiger partial charge in [0.25, 0.3) is 0 Å². The van der Waals surface area contributed by atoms with Gasteiger partial charge in [0.15, 0.2) is 5.76 Å². The van der Waals surface area contributed by atoms with Crippen LogP contribution in [0.25, 0.3) is 6.08 Å². The Morgan fingerprint density at radius 1 is 1.29 bits per heavy atom. The van der Waals surface area contributed by atoms with Crippen LogP contribution in [-0.4, -0.2) is 29.9 Å². The van der Waals surface area contributed by atoms with Gasteiger partial charge in [-0.05, 0) is 37.4 Å². The lowest BCUT2D eigenvalue weighted by molar-refractivity contribution is 0.101. The van der Waals surface area contributed by atoms with Crippen molar-refractivity contribution in [1.82, 2.24) is 4.90 Å². The van der Waals surface area contributed by atoms with Crippen molar-refractivity contribution in [2.45, 2.75) is 13.8 Å². The number of Topliss-reactive ketones (excluding diaryl/α,β-unsaturated/α-hetero) is 1. The number of ether oxygens (including phenoxy) is 2. The normalized spacial score (nSPS) is 14.4. The van der Waals surface area contributed by atoms with Crippen LogP contribution in [0, 0.1) is 0 Å². The van der Waals surface area contributed by atoms with Crippen LogP contribution in [-0.2, 0) is 0 Å². The van der Waals surface area contributed by atoms with Crippen molar-refractivity contribution in [2.24, 2.45) is 0 Å². The number of hydrogen-bond acceptors (Lipinski definition) is 5. The molecule has 3 rings (SSSR count). The molecule has 0 saturated carbocycles. The maximum atomic E-state index is 12.4. The largest absolute Gasteiger partial charge is 0.452 e. The first kappa shape index (κ1) is 16.3. The number of thiophene rings is 1. The number of nitrogens with zero attached hydrogens (tertiary/aromatic N) is 1. The molecule has 1 aromatic heterocycles. The highest BCUT2D eigenvalue weighted by atomic mass is 32.1. The first-order valence-corrected chi connectivity index (χ1v) is 8.59. The Kier molecular flexibility index (Phi) is 4.66. The molecular weight excluding hydrogens is 326 g/mol. The topological polar surface area (TPSA) is 55.8 Å². The first-order valence-electron chi connectivity index (χ1n) is 7.71. The molecular formula is C18H17NO4S. The Morgan fingerprint density at radius 3 is 2.75 bits per heavy atom. The first-order chi connectivity index (χ1) is 11.6. The quantitative estimate of drug-likeness (QED) is 0.781. The summed E-state index contributed by atoms with van der Waals surface area (Å²) >= 11 is 1.53. The summed E-state index contributed by atoms with van der Waals surface area (Å²) in [6.45, 7) is 4.92. The standard InChI is InChI=1S/C18H17NO4S/c1-3-19(4-2)18(21)22-12-7-8-14-15(10-12)23-16(17(14)20)11-13-6-5-9-24-13/h5-11H,3-4H2,1-2H3. The van der Waals surface area contributed by atoms with E-state index in [1.165, 1.54) is 11.3 Å². The van der Waals surface area contributed by atoms with Crippen LogP contribution in [0.5, 0.6) is 11.5 Å². The third kappa shape index (κ3) is 3.19. The summed E-state index contributed by atoms with van der Waals surface area (Å²) in [4.78, 5) is 26.9. The van der Waals surface area contributed by atoms with Crippen LogP contribution in [0.15, 0.2) is 41.5 Å². The van der Waals surface area contributed by atoms with Crippen LogP contribution in [0.3, 0.4) is 0 Å². The zero-order chi connectivity index (χ0) is 17.1. The van der Waals surface area contributed by atoms with Crippen molar-refractivity contribution in [2.75, 3.05) is 13.1 Å². The summed E-state index contributed by atoms with van der Waals surface area (Å²) in [5.74, 6) is 0.878. The number of rotatable bonds is 4. The summed E-state index contributed by atoms with van der Waals surface area (Å²) in [5.41, 5.74) is 0.473. The molecule has 5 nitrogen and oxygen atoms in total. The fourth-order valence-corrected chi connectivity index (χ4v) is 3.03. The highest BCUT2D eigenvalue weighted by Crippen LogP contribution is 2.35. The van der Waals surface area contributed by atoms with E-state index in [0.29, 0.717) is 30.2 Å². The average molecular weight is 343 g/mol. The van der Waals surface area contributed by atoms with Gasteiger partial charge < -0.3 is 14.4 Å². The predicted molar refractivity (Wildman–Crippen MR) is 92.6 cm³/mol. The molecule has 6 heteroatoms. The van der Waals surface area contributed by atoms with E-state index in [9.17, 15) is 9.59 Å². The van der Waals surface area contributed by atoms with E-state index in [1.54, 1.807) is 29.2 Å². The molecule has 2 heterocycles. The number of hydrogen-bond donors (Lipinski definition) is 0. The number of carbonyl (C=O) groups is 2. The van der Waals surface area contributed by atoms with Crippen molar-refractivity contribution >= 4 is 29.3 Å². The fraction of sp³-hybridized carbons (Fsp3) is 0.222. The molecule has 0 aliphatic carbocycles. The van der Waals surface area contributed by atoms with Gasteiger partial charge in [0, 0.05) is 30.1 Å². The minimum absolute atomic E-state index is 0.167. The zero-order valence-corrected chi connectivity index (χ0v) is 14.3. The summed E-state index contributed by atoms with van der Waals surface area (Å²) in [5, 5.41) is 1.93. The Bertz CT molecular complexity index is 791. The molecule has 1 aromatic carbocycles. The molecule has 1 amide bonds. The number of carbonyl (C=O) groups excluding carboxylic acids is 2. The molecule has 24 heavy (non-hydrogen) atoms. The molecule has 2 aromatic rings. The number of benzene rings is 1. The van der Waals surface area contributed by atoms with Gasteiger partial charge in [-0.25, -0.2) is 4.79 Å². The van der Waals surface area contributed by atoms with Crippen molar-refractivity contribution < 1.29 is 19.1 Å². The lowest BCUT2D eigenvalue weighted by Gasteiger charge is -2.17. The van der Waals surface area contributed by atoms with E-state index in [-0.39, 0.29) is 11.5 Å². The molecule has 0 saturated heterocycles. The third-order valence-electron chi connectivity index (χ3n) is 3.68. The maximum Gasteiger partial charge on any atom is 0.415 e. The smallest absolute Gasteiger partial charge is 0.415 e. The molecule has 0 radical (unpaired) electrons. The Hall–Kier alpha value is -2.60. The Balaban J connectivity index is 1.79. The van der Waals surface area contributed by atoms with Crippen molar-refractivity contribution in [3.8, 4) is 11.5 Å². The zero-order valence-electron chi connectivity index (χ0n) is 13.4. The molecule has 1 aliphatic rings. The van der Waals surface area contributed by atoms with E-state index in [4.69, 9.17) is 9.47 Å². The second-order valence-electron chi connectivity index (χ2n) is 5.15. The van der Waals surface area contributed by atoms with Crippen LogP contribution >= 0.6 is 11.3 Å². The fourth-order valence-electron chi connectivity index (χ4n) is 2.38. The summed E-state index contributed by atoms with van der Waals surface area (Å²) in [6, 6.07) is 8.63. The number of amides is 1. The van der Waals surface area contributed by atoms with E-state index in [2.05, 4.69) is 0 Å². The van der Waals surface area contributed by atoms with Gasteiger partial charge in [-0.3, -0.25) is 4.79 Å². The highest BCUT2D eigenvalue weighted by Gasteiger charge is 2.28. The second kappa shape index (κ2) is 6.88. The summed E-state index contributed by atoms with van der Waals surface area (Å²) in [7, 11) is 0. The molecule has 0 spiro atoms. The van der Waals surface area contributed by atoms with E-state index >= 15 is 0 Å². The molecule has 0 unspecified atom stereocenters.